The lowest BCUT2D eigenvalue weighted by molar-refractivity contribution is 0.346. The standard InChI is InChI=1S/C10H19NO3S2/c1-15(12)10(5-6-10)8-11-16(13,14)7-9-3-2-4-9/h9,11H,2-8H2,1H3. The number of rotatable bonds is 6. The zero-order valence-corrected chi connectivity index (χ0v) is 11.2. The Kier molecular flexibility index (Phi) is 3.43. The predicted molar refractivity (Wildman–Crippen MR) is 65.2 cm³/mol. The molecule has 0 aromatic carbocycles. The average molecular weight is 265 g/mol. The molecule has 2 saturated carbocycles. The highest BCUT2D eigenvalue weighted by atomic mass is 32.2. The molecule has 4 nitrogen and oxygen atoms in total. The van der Waals surface area contributed by atoms with E-state index in [2.05, 4.69) is 4.72 Å². The van der Waals surface area contributed by atoms with Gasteiger partial charge in [0.05, 0.1) is 10.5 Å². The lowest BCUT2D eigenvalue weighted by atomic mass is 9.87. The summed E-state index contributed by atoms with van der Waals surface area (Å²) in [5.41, 5.74) is 0. The summed E-state index contributed by atoms with van der Waals surface area (Å²) in [6.45, 7) is 0.352. The number of hydrogen-bond acceptors (Lipinski definition) is 3. The van der Waals surface area contributed by atoms with E-state index in [4.69, 9.17) is 0 Å². The summed E-state index contributed by atoms with van der Waals surface area (Å²) in [5.74, 6) is 0.596. The van der Waals surface area contributed by atoms with Gasteiger partial charge in [-0.05, 0) is 31.6 Å². The van der Waals surface area contributed by atoms with Gasteiger partial charge >= 0.3 is 0 Å². The maximum absolute atomic E-state index is 11.7. The van der Waals surface area contributed by atoms with Crippen molar-refractivity contribution in [1.82, 2.24) is 4.72 Å². The highest BCUT2D eigenvalue weighted by molar-refractivity contribution is 7.89. The van der Waals surface area contributed by atoms with Gasteiger partial charge in [0.15, 0.2) is 0 Å². The Bertz CT molecular complexity index is 383. The third kappa shape index (κ3) is 2.84. The fourth-order valence-corrected chi connectivity index (χ4v) is 4.59. The third-order valence-corrected chi connectivity index (χ3v) is 6.98. The molecule has 0 amide bonds. The average Bonchev–Trinajstić information content (AvgIpc) is 2.90. The van der Waals surface area contributed by atoms with Crippen molar-refractivity contribution in [1.29, 1.82) is 0 Å². The quantitative estimate of drug-likeness (QED) is 0.765. The first-order valence-electron chi connectivity index (χ1n) is 5.74. The Morgan fingerprint density at radius 3 is 2.38 bits per heavy atom. The molecule has 6 heteroatoms. The molecule has 0 heterocycles. The van der Waals surface area contributed by atoms with Crippen molar-refractivity contribution in [3.8, 4) is 0 Å². The number of nitrogens with one attached hydrogen (secondary N) is 1. The molecule has 0 spiro atoms. The topological polar surface area (TPSA) is 63.2 Å². The zero-order chi connectivity index (χ0) is 11.8. The molecule has 0 aromatic rings. The monoisotopic (exact) mass is 265 g/mol. The van der Waals surface area contributed by atoms with Crippen molar-refractivity contribution in [2.45, 2.75) is 36.9 Å². The smallest absolute Gasteiger partial charge is 0.211 e. The minimum absolute atomic E-state index is 0.249. The van der Waals surface area contributed by atoms with Crippen LogP contribution in [-0.4, -0.2) is 35.9 Å². The largest absolute Gasteiger partial charge is 0.259 e. The molecule has 0 bridgehead atoms. The van der Waals surface area contributed by atoms with Gasteiger partial charge in [-0.3, -0.25) is 4.21 Å². The Labute approximate surface area is 99.7 Å². The lowest BCUT2D eigenvalue weighted by Crippen LogP contribution is -2.39. The zero-order valence-electron chi connectivity index (χ0n) is 9.57. The number of hydrogen-bond donors (Lipinski definition) is 1. The van der Waals surface area contributed by atoms with E-state index in [9.17, 15) is 12.6 Å². The normalized spacial score (nSPS) is 26.1. The third-order valence-electron chi connectivity index (χ3n) is 3.71. The van der Waals surface area contributed by atoms with Gasteiger partial charge in [0.1, 0.15) is 0 Å². The summed E-state index contributed by atoms with van der Waals surface area (Å²) in [7, 11) is -4.08. The van der Waals surface area contributed by atoms with Gasteiger partial charge in [-0.15, -0.1) is 0 Å². The van der Waals surface area contributed by atoms with Crippen LogP contribution in [0.5, 0.6) is 0 Å². The van der Waals surface area contributed by atoms with E-state index < -0.39 is 20.8 Å². The molecular formula is C10H19NO3S2. The molecule has 0 saturated heterocycles. The second kappa shape index (κ2) is 4.38. The molecule has 2 rings (SSSR count). The van der Waals surface area contributed by atoms with Gasteiger partial charge < -0.3 is 0 Å². The highest BCUT2D eigenvalue weighted by Gasteiger charge is 2.47. The molecule has 2 aliphatic rings. The van der Waals surface area contributed by atoms with Gasteiger partial charge in [-0.25, -0.2) is 13.1 Å². The molecule has 16 heavy (non-hydrogen) atoms. The summed E-state index contributed by atoms with van der Waals surface area (Å²) >= 11 is 0. The maximum Gasteiger partial charge on any atom is 0.211 e. The first-order valence-corrected chi connectivity index (χ1v) is 8.95. The van der Waals surface area contributed by atoms with Gasteiger partial charge in [-0.1, -0.05) is 6.42 Å². The second-order valence-corrected chi connectivity index (χ2v) is 8.66. The summed E-state index contributed by atoms with van der Waals surface area (Å²) in [6, 6.07) is 0. The van der Waals surface area contributed by atoms with Crippen LogP contribution in [-0.2, 0) is 20.8 Å². The second-order valence-electron chi connectivity index (χ2n) is 5.04. The summed E-state index contributed by atoms with van der Waals surface area (Å²) in [4.78, 5) is 0. The van der Waals surface area contributed by atoms with Crippen LogP contribution in [0.15, 0.2) is 0 Å². The SMILES string of the molecule is CS(=O)C1(CNS(=O)(=O)CC2CCC2)CC1. The molecule has 0 radical (unpaired) electrons. The van der Waals surface area contributed by atoms with Gasteiger partial charge in [0, 0.05) is 23.6 Å². The molecule has 1 N–H and O–H groups in total. The summed E-state index contributed by atoms with van der Waals surface area (Å²) in [5, 5.41) is 0. The molecule has 94 valence electrons. The van der Waals surface area contributed by atoms with Crippen LogP contribution in [0.25, 0.3) is 0 Å². The fraction of sp³-hybridized carbons (Fsp3) is 1.00. The van der Waals surface area contributed by atoms with Gasteiger partial charge in [0.2, 0.25) is 10.0 Å². The van der Waals surface area contributed by atoms with Crippen LogP contribution in [0.1, 0.15) is 32.1 Å². The van der Waals surface area contributed by atoms with Crippen LogP contribution >= 0.6 is 0 Å². The van der Waals surface area contributed by atoms with E-state index in [1.165, 1.54) is 0 Å². The fourth-order valence-electron chi connectivity index (χ4n) is 1.98. The Balaban J connectivity index is 1.82. The highest BCUT2D eigenvalue weighted by Crippen LogP contribution is 2.40. The summed E-state index contributed by atoms with van der Waals surface area (Å²) in [6.07, 6.45) is 6.64. The van der Waals surface area contributed by atoms with Crippen LogP contribution < -0.4 is 4.72 Å². The molecule has 1 atom stereocenters. The molecule has 2 aliphatic carbocycles. The lowest BCUT2D eigenvalue weighted by Gasteiger charge is -2.25. The molecular weight excluding hydrogens is 246 g/mol. The van der Waals surface area contributed by atoms with E-state index in [-0.39, 0.29) is 10.5 Å². The van der Waals surface area contributed by atoms with Crippen LogP contribution in [0.2, 0.25) is 0 Å². The Morgan fingerprint density at radius 2 is 2.00 bits per heavy atom. The molecule has 0 aliphatic heterocycles. The first-order chi connectivity index (χ1) is 7.44. The van der Waals surface area contributed by atoms with Crippen molar-refractivity contribution in [3.63, 3.8) is 0 Å². The molecule has 0 aromatic heterocycles. The van der Waals surface area contributed by atoms with E-state index in [0.717, 1.165) is 32.1 Å². The van der Waals surface area contributed by atoms with Crippen LogP contribution in [0, 0.1) is 5.92 Å². The Hall–Kier alpha value is 0.0600. The predicted octanol–water partition coefficient (Wildman–Crippen LogP) is 0.617. The first kappa shape index (κ1) is 12.5. The van der Waals surface area contributed by atoms with Gasteiger partial charge in [0.25, 0.3) is 0 Å². The van der Waals surface area contributed by atoms with Crippen molar-refractivity contribution in [2.75, 3.05) is 18.6 Å². The Morgan fingerprint density at radius 1 is 1.38 bits per heavy atom. The van der Waals surface area contributed by atoms with Crippen molar-refractivity contribution < 1.29 is 12.6 Å². The maximum atomic E-state index is 11.7. The molecule has 2 fully saturated rings. The van der Waals surface area contributed by atoms with E-state index in [1.54, 1.807) is 6.26 Å². The summed E-state index contributed by atoms with van der Waals surface area (Å²) < 4.78 is 37.2. The van der Waals surface area contributed by atoms with E-state index in [1.807, 2.05) is 0 Å². The molecule has 1 unspecified atom stereocenters. The minimum atomic E-state index is -3.15. The number of sulfonamides is 1. The minimum Gasteiger partial charge on any atom is -0.259 e. The van der Waals surface area contributed by atoms with Crippen LogP contribution in [0.4, 0.5) is 0 Å². The van der Waals surface area contributed by atoms with Crippen molar-refractivity contribution in [3.05, 3.63) is 0 Å². The van der Waals surface area contributed by atoms with Gasteiger partial charge in [-0.2, -0.15) is 0 Å². The van der Waals surface area contributed by atoms with E-state index >= 15 is 0 Å². The van der Waals surface area contributed by atoms with Crippen molar-refractivity contribution >= 4 is 20.8 Å². The van der Waals surface area contributed by atoms with Crippen molar-refractivity contribution in [2.24, 2.45) is 5.92 Å². The van der Waals surface area contributed by atoms with Crippen LogP contribution in [0.3, 0.4) is 0 Å². The van der Waals surface area contributed by atoms with E-state index in [0.29, 0.717) is 12.5 Å².